The minimum atomic E-state index is -0.667. The van der Waals surface area contributed by atoms with E-state index >= 15 is 0 Å². The summed E-state index contributed by atoms with van der Waals surface area (Å²) in [7, 11) is 0. The molecule has 242 valence electrons. The number of carbonyl (C=O) groups is 4. The van der Waals surface area contributed by atoms with Gasteiger partial charge in [0.2, 0.25) is 11.8 Å². The molecule has 6 rings (SSSR count). The molecule has 4 amide bonds. The summed E-state index contributed by atoms with van der Waals surface area (Å²) < 4.78 is 5.50. The summed E-state index contributed by atoms with van der Waals surface area (Å²) in [4.78, 5) is 54.0. The molecule has 3 aliphatic rings. The molecule has 3 aromatic carbocycles. The van der Waals surface area contributed by atoms with Gasteiger partial charge in [-0.25, -0.2) is 4.79 Å². The summed E-state index contributed by atoms with van der Waals surface area (Å²) in [5, 5.41) is 11.9. The highest BCUT2D eigenvalue weighted by atomic mass is 16.5. The maximum Gasteiger partial charge on any atom is 0.315 e. The maximum absolute atomic E-state index is 14.0. The summed E-state index contributed by atoms with van der Waals surface area (Å²) in [6.45, 7) is 6.71. The average molecular weight is 626 g/mol. The molecule has 0 radical (unpaired) electrons. The molecule has 0 unspecified atom stereocenters. The topological polar surface area (TPSA) is 129 Å². The molecule has 3 aliphatic heterocycles. The van der Waals surface area contributed by atoms with Gasteiger partial charge in [0.15, 0.2) is 0 Å². The molecule has 3 aromatic rings. The lowest BCUT2D eigenvalue weighted by molar-refractivity contribution is -0.148. The standard InChI is InChI=1S/C36H43N5O5/c1-24-21-39-36(2,3)20-32(42)40-30-17-16-27-8-5-7-11-31(27)41(34(30)44)23-25-12-14-26(15-13-25)29-10-6-4-9-28(29)22-38-35(45)37-19-18-33(43)46-24/h4-15,24,30,39H,16-23H2,1-3H3,(H,40,42)(H2,37,38,45)/t24-,30-/m1/s1. The first-order valence-electron chi connectivity index (χ1n) is 15.9. The van der Waals surface area contributed by atoms with Crippen LogP contribution < -0.4 is 26.2 Å². The highest BCUT2D eigenvalue weighted by Gasteiger charge is 2.33. The van der Waals surface area contributed by atoms with Gasteiger partial charge in [0.05, 0.1) is 13.0 Å². The van der Waals surface area contributed by atoms with Crippen molar-refractivity contribution in [2.24, 2.45) is 0 Å². The Balaban J connectivity index is 1.42. The number of hydrogen-bond acceptors (Lipinski definition) is 6. The number of esters is 1. The number of ether oxygens (including phenoxy) is 1. The average Bonchev–Trinajstić information content (AvgIpc) is 3.15. The van der Waals surface area contributed by atoms with Crippen molar-refractivity contribution in [2.75, 3.05) is 18.0 Å². The molecule has 0 fully saturated rings. The van der Waals surface area contributed by atoms with E-state index in [1.165, 1.54) is 0 Å². The first-order valence-corrected chi connectivity index (χ1v) is 15.9. The summed E-state index contributed by atoms with van der Waals surface area (Å²) in [6, 6.07) is 22.8. The summed E-state index contributed by atoms with van der Waals surface area (Å²) in [5.41, 5.74) is 5.15. The second-order valence-electron chi connectivity index (χ2n) is 12.7. The Kier molecular flexibility index (Phi) is 10.4. The van der Waals surface area contributed by atoms with E-state index in [9.17, 15) is 19.2 Å². The van der Waals surface area contributed by atoms with Gasteiger partial charge in [0.25, 0.3) is 0 Å². The SMILES string of the molecule is C[C@@H]1CNC(C)(C)CC(=O)N[C@@H]2CCc3ccccc3N(Cc3ccc(cc3)-c3ccccc3CNC(=O)NCCC(=O)O1)C2=O. The summed E-state index contributed by atoms with van der Waals surface area (Å²) >= 11 is 0. The van der Waals surface area contributed by atoms with Crippen LogP contribution in [0.3, 0.4) is 0 Å². The fourth-order valence-corrected chi connectivity index (χ4v) is 5.91. The fraction of sp³-hybridized carbons (Fsp3) is 0.389. The number of nitrogens with zero attached hydrogens (tertiary/aromatic N) is 1. The van der Waals surface area contributed by atoms with Crippen molar-refractivity contribution >= 4 is 29.5 Å². The van der Waals surface area contributed by atoms with Crippen LogP contribution in [0.15, 0.2) is 72.8 Å². The zero-order valence-electron chi connectivity index (χ0n) is 26.7. The Hall–Kier alpha value is -4.70. The molecule has 0 spiro atoms. The predicted octanol–water partition coefficient (Wildman–Crippen LogP) is 4.21. The number of para-hydroxylation sites is 1. The van der Waals surface area contributed by atoms with Crippen LogP contribution in [0.25, 0.3) is 11.1 Å². The van der Waals surface area contributed by atoms with Gasteiger partial charge in [-0.05, 0) is 67.5 Å². The second-order valence-corrected chi connectivity index (χ2v) is 12.7. The van der Waals surface area contributed by atoms with E-state index in [1.54, 1.807) is 11.8 Å². The first kappa shape index (κ1) is 32.7. The van der Waals surface area contributed by atoms with Gasteiger partial charge in [-0.15, -0.1) is 0 Å². The molecule has 3 heterocycles. The first-order chi connectivity index (χ1) is 22.1. The number of benzene rings is 3. The van der Waals surface area contributed by atoms with Crippen LogP contribution in [0, 0.1) is 0 Å². The van der Waals surface area contributed by atoms with Crippen molar-refractivity contribution in [1.82, 2.24) is 21.3 Å². The number of rotatable bonds is 0. The van der Waals surface area contributed by atoms with Gasteiger partial charge in [0, 0.05) is 37.3 Å². The van der Waals surface area contributed by atoms with Crippen molar-refractivity contribution in [2.45, 2.75) is 77.2 Å². The van der Waals surface area contributed by atoms with Gasteiger partial charge in [-0.3, -0.25) is 14.4 Å². The smallest absolute Gasteiger partial charge is 0.315 e. The van der Waals surface area contributed by atoms with E-state index in [2.05, 4.69) is 21.3 Å². The Morgan fingerprint density at radius 2 is 1.57 bits per heavy atom. The molecular weight excluding hydrogens is 582 g/mol. The molecule has 0 aliphatic carbocycles. The van der Waals surface area contributed by atoms with E-state index in [-0.39, 0.29) is 37.2 Å². The molecule has 2 atom stereocenters. The predicted molar refractivity (Wildman–Crippen MR) is 177 cm³/mol. The van der Waals surface area contributed by atoms with E-state index in [0.29, 0.717) is 32.5 Å². The molecule has 46 heavy (non-hydrogen) atoms. The quantitative estimate of drug-likeness (QED) is 0.277. The van der Waals surface area contributed by atoms with Crippen LogP contribution in [0.1, 0.15) is 56.7 Å². The van der Waals surface area contributed by atoms with Crippen LogP contribution in [0.5, 0.6) is 0 Å². The lowest BCUT2D eigenvalue weighted by atomic mass is 9.98. The molecule has 0 aromatic heterocycles. The highest BCUT2D eigenvalue weighted by Crippen LogP contribution is 2.30. The van der Waals surface area contributed by atoms with E-state index in [1.807, 2.05) is 86.6 Å². The van der Waals surface area contributed by atoms with Gasteiger partial charge >= 0.3 is 12.0 Å². The minimum Gasteiger partial charge on any atom is -0.461 e. The van der Waals surface area contributed by atoms with Gasteiger partial charge in [-0.2, -0.15) is 0 Å². The van der Waals surface area contributed by atoms with Crippen LogP contribution in [-0.4, -0.2) is 54.6 Å². The van der Waals surface area contributed by atoms with Crippen LogP contribution in [-0.2, 0) is 38.6 Å². The molecule has 4 N–H and O–H groups in total. The molecule has 10 nitrogen and oxygen atoms in total. The van der Waals surface area contributed by atoms with Crippen molar-refractivity contribution in [3.63, 3.8) is 0 Å². The third-order valence-electron chi connectivity index (χ3n) is 8.36. The molecular formula is C36H43N5O5. The Morgan fingerprint density at radius 3 is 2.35 bits per heavy atom. The molecule has 10 heteroatoms. The van der Waals surface area contributed by atoms with Crippen LogP contribution in [0.2, 0.25) is 0 Å². The number of fused-ring (bicyclic) bond motifs is 17. The Morgan fingerprint density at radius 1 is 0.848 bits per heavy atom. The Bertz CT molecular complexity index is 1570. The zero-order valence-corrected chi connectivity index (χ0v) is 26.7. The van der Waals surface area contributed by atoms with Gasteiger partial charge in [0.1, 0.15) is 12.1 Å². The number of aryl methyl sites for hydroxylation is 1. The van der Waals surface area contributed by atoms with Gasteiger partial charge < -0.3 is 30.9 Å². The second kappa shape index (κ2) is 14.6. The molecule has 0 saturated heterocycles. The number of nitrogens with one attached hydrogen (secondary N) is 4. The third kappa shape index (κ3) is 8.51. The largest absolute Gasteiger partial charge is 0.461 e. The Labute approximate surface area is 270 Å². The number of anilines is 1. The van der Waals surface area contributed by atoms with Crippen LogP contribution >= 0.6 is 0 Å². The van der Waals surface area contributed by atoms with Crippen molar-refractivity contribution < 1.29 is 23.9 Å². The van der Waals surface area contributed by atoms with E-state index in [4.69, 9.17) is 4.74 Å². The monoisotopic (exact) mass is 625 g/mol. The number of carbonyl (C=O) groups excluding carboxylic acids is 4. The maximum atomic E-state index is 14.0. The van der Waals surface area contributed by atoms with Crippen molar-refractivity contribution in [1.29, 1.82) is 0 Å². The fourth-order valence-electron chi connectivity index (χ4n) is 5.91. The normalized spacial score (nSPS) is 21.6. The number of amides is 4. The van der Waals surface area contributed by atoms with E-state index < -0.39 is 23.7 Å². The van der Waals surface area contributed by atoms with Crippen molar-refractivity contribution in [3.05, 3.63) is 89.5 Å². The van der Waals surface area contributed by atoms with Crippen molar-refractivity contribution in [3.8, 4) is 11.1 Å². The summed E-state index contributed by atoms with van der Waals surface area (Å²) in [6.07, 6.45) is 0.878. The number of hydrogen-bond donors (Lipinski definition) is 4. The lowest BCUT2D eigenvalue weighted by Crippen LogP contribution is -2.51. The minimum absolute atomic E-state index is 0.0306. The van der Waals surface area contributed by atoms with E-state index in [0.717, 1.165) is 33.5 Å². The zero-order chi connectivity index (χ0) is 32.7. The highest BCUT2D eigenvalue weighted by molar-refractivity contribution is 6.00. The lowest BCUT2D eigenvalue weighted by Gasteiger charge is -2.29. The third-order valence-corrected chi connectivity index (χ3v) is 8.36. The molecule has 4 bridgehead atoms. The van der Waals surface area contributed by atoms with Crippen LogP contribution in [0.4, 0.5) is 10.5 Å². The molecule has 0 saturated carbocycles. The number of urea groups is 1. The van der Waals surface area contributed by atoms with Gasteiger partial charge in [-0.1, -0.05) is 66.7 Å². The summed E-state index contributed by atoms with van der Waals surface area (Å²) in [5.74, 6) is -0.805.